The van der Waals surface area contributed by atoms with Gasteiger partial charge >= 0.3 is 5.97 Å². The molecule has 0 amide bonds. The number of phenols is 1. The summed E-state index contributed by atoms with van der Waals surface area (Å²) in [6.45, 7) is 0. The lowest BCUT2D eigenvalue weighted by molar-refractivity contribution is 0.0696. The third-order valence-corrected chi connectivity index (χ3v) is 3.39. The lowest BCUT2D eigenvalue weighted by atomic mass is 9.87. The first-order valence-electron chi connectivity index (χ1n) is 5.09. The van der Waals surface area contributed by atoms with Crippen molar-refractivity contribution < 1.29 is 15.0 Å². The Morgan fingerprint density at radius 2 is 1.81 bits per heavy atom. The highest BCUT2D eigenvalue weighted by molar-refractivity contribution is 6.33. The molecule has 0 saturated heterocycles. The summed E-state index contributed by atoms with van der Waals surface area (Å²) in [4.78, 5) is 11.1. The van der Waals surface area contributed by atoms with Gasteiger partial charge in [0.05, 0.1) is 16.3 Å². The van der Waals surface area contributed by atoms with Crippen molar-refractivity contribution in [1.29, 1.82) is 0 Å². The number of carbonyl (C=O) groups is 1. The molecule has 0 atom stereocenters. The molecule has 0 spiro atoms. The number of hydrogen-bond donors (Lipinski definition) is 3. The van der Waals surface area contributed by atoms with Gasteiger partial charge in [0.25, 0.3) is 0 Å². The molecule has 0 fully saturated rings. The van der Waals surface area contributed by atoms with Gasteiger partial charge < -0.3 is 15.9 Å². The lowest BCUT2D eigenvalue weighted by Gasteiger charge is -2.21. The molecule has 0 radical (unpaired) electrons. The van der Waals surface area contributed by atoms with Gasteiger partial charge in [0.15, 0.2) is 5.75 Å². The summed E-state index contributed by atoms with van der Waals surface area (Å²) in [5, 5.41) is 19.0. The minimum absolute atomic E-state index is 0.0107. The first-order valence-corrected chi connectivity index (χ1v) is 5.46. The maximum absolute atomic E-state index is 11.1. The number of carboxylic acids is 1. The summed E-state index contributed by atoms with van der Waals surface area (Å²) in [6, 6.07) is 0. The number of rotatable bonds is 1. The van der Waals surface area contributed by atoms with Crippen LogP contribution in [0, 0.1) is 0 Å². The van der Waals surface area contributed by atoms with E-state index < -0.39 is 5.97 Å². The minimum atomic E-state index is -1.11. The summed E-state index contributed by atoms with van der Waals surface area (Å²) in [6.07, 6.45) is 3.23. The SMILES string of the molecule is Nc1c(O)c(Cl)c2c(c1C(=O)O)CCCC2. The zero-order valence-electron chi connectivity index (χ0n) is 8.59. The van der Waals surface area contributed by atoms with Crippen LogP contribution >= 0.6 is 11.6 Å². The number of hydrogen-bond acceptors (Lipinski definition) is 3. The third-order valence-electron chi connectivity index (χ3n) is 2.98. The molecule has 86 valence electrons. The Bertz CT molecular complexity index is 471. The number of halogens is 1. The molecular formula is C11H12ClNO3. The van der Waals surface area contributed by atoms with Gasteiger partial charge in [-0.25, -0.2) is 4.79 Å². The maximum atomic E-state index is 11.1. The molecule has 0 saturated carbocycles. The zero-order chi connectivity index (χ0) is 11.9. The zero-order valence-corrected chi connectivity index (χ0v) is 9.34. The number of fused-ring (bicyclic) bond motifs is 1. The molecule has 0 bridgehead atoms. The van der Waals surface area contributed by atoms with Crippen LogP contribution in [-0.2, 0) is 12.8 Å². The monoisotopic (exact) mass is 241 g/mol. The molecule has 0 aliphatic heterocycles. The van der Waals surface area contributed by atoms with Gasteiger partial charge in [-0.15, -0.1) is 0 Å². The average Bonchev–Trinajstić information content (AvgIpc) is 2.26. The van der Waals surface area contributed by atoms with Crippen molar-refractivity contribution in [3.63, 3.8) is 0 Å². The summed E-state index contributed by atoms with van der Waals surface area (Å²) < 4.78 is 0. The molecule has 1 aliphatic rings. The maximum Gasteiger partial charge on any atom is 0.338 e. The smallest absolute Gasteiger partial charge is 0.338 e. The Morgan fingerprint density at radius 1 is 1.25 bits per heavy atom. The van der Waals surface area contributed by atoms with Gasteiger partial charge in [0.1, 0.15) is 0 Å². The van der Waals surface area contributed by atoms with E-state index in [0.29, 0.717) is 18.4 Å². The van der Waals surface area contributed by atoms with E-state index in [2.05, 4.69) is 0 Å². The first-order chi connectivity index (χ1) is 7.54. The quantitative estimate of drug-likeness (QED) is 0.520. The van der Waals surface area contributed by atoms with E-state index in [-0.39, 0.29) is 22.0 Å². The molecular weight excluding hydrogens is 230 g/mol. The van der Waals surface area contributed by atoms with Gasteiger partial charge in [0.2, 0.25) is 0 Å². The van der Waals surface area contributed by atoms with E-state index in [1.54, 1.807) is 0 Å². The number of aromatic hydroxyl groups is 1. The summed E-state index contributed by atoms with van der Waals surface area (Å²) >= 11 is 5.97. The molecule has 1 aromatic rings. The van der Waals surface area contributed by atoms with Crippen molar-refractivity contribution in [3.05, 3.63) is 21.7 Å². The second-order valence-corrected chi connectivity index (χ2v) is 4.30. The van der Waals surface area contributed by atoms with E-state index in [1.807, 2.05) is 0 Å². The largest absolute Gasteiger partial charge is 0.504 e. The Morgan fingerprint density at radius 3 is 2.38 bits per heavy atom. The van der Waals surface area contributed by atoms with Crippen molar-refractivity contribution >= 4 is 23.3 Å². The summed E-state index contributed by atoms with van der Waals surface area (Å²) in [5.41, 5.74) is 6.89. The van der Waals surface area contributed by atoms with E-state index in [9.17, 15) is 9.90 Å². The molecule has 5 heteroatoms. The molecule has 4 N–H and O–H groups in total. The van der Waals surface area contributed by atoms with E-state index >= 15 is 0 Å². The molecule has 4 nitrogen and oxygen atoms in total. The fourth-order valence-corrected chi connectivity index (χ4v) is 2.52. The normalized spacial score (nSPS) is 14.6. The molecule has 2 rings (SSSR count). The number of nitrogen functional groups attached to an aromatic ring is 1. The van der Waals surface area contributed by atoms with Gasteiger partial charge in [-0.05, 0) is 36.8 Å². The van der Waals surface area contributed by atoms with Crippen LogP contribution in [0.4, 0.5) is 5.69 Å². The predicted octanol–water partition coefficient (Wildman–Crippen LogP) is 2.20. The standard InChI is InChI=1S/C11H12ClNO3/c12-8-6-4-2-1-3-5(6)7(11(15)16)9(13)10(8)14/h14H,1-4,13H2,(H,15,16). The molecule has 0 unspecified atom stereocenters. The van der Waals surface area contributed by atoms with Gasteiger partial charge in [0, 0.05) is 0 Å². The van der Waals surface area contributed by atoms with Gasteiger partial charge in [-0.1, -0.05) is 11.6 Å². The number of aromatic carboxylic acids is 1. The molecule has 1 aromatic carbocycles. The van der Waals surface area contributed by atoms with Crippen LogP contribution < -0.4 is 5.73 Å². The van der Waals surface area contributed by atoms with Crippen LogP contribution in [0.3, 0.4) is 0 Å². The molecule has 1 aliphatic carbocycles. The number of phenolic OH excluding ortho intramolecular Hbond substituents is 1. The fraction of sp³-hybridized carbons (Fsp3) is 0.364. The second-order valence-electron chi connectivity index (χ2n) is 3.92. The predicted molar refractivity (Wildman–Crippen MR) is 61.1 cm³/mol. The van der Waals surface area contributed by atoms with Crippen molar-refractivity contribution in [2.24, 2.45) is 0 Å². The fourth-order valence-electron chi connectivity index (χ4n) is 2.21. The Labute approximate surface area is 97.6 Å². The van der Waals surface area contributed by atoms with E-state index in [1.165, 1.54) is 0 Å². The molecule has 0 heterocycles. The number of nitrogens with two attached hydrogens (primary N) is 1. The number of benzene rings is 1. The Balaban J connectivity index is 2.78. The topological polar surface area (TPSA) is 83.5 Å². The molecule has 16 heavy (non-hydrogen) atoms. The van der Waals surface area contributed by atoms with Crippen LogP contribution in [0.15, 0.2) is 0 Å². The Kier molecular flexibility index (Phi) is 2.68. The lowest BCUT2D eigenvalue weighted by Crippen LogP contribution is -2.14. The molecule has 0 aromatic heterocycles. The van der Waals surface area contributed by atoms with Gasteiger partial charge in [-0.3, -0.25) is 0 Å². The average molecular weight is 242 g/mol. The van der Waals surface area contributed by atoms with Crippen molar-refractivity contribution in [2.45, 2.75) is 25.7 Å². The van der Waals surface area contributed by atoms with Crippen LogP contribution in [0.1, 0.15) is 34.3 Å². The third kappa shape index (κ3) is 1.50. The van der Waals surface area contributed by atoms with Gasteiger partial charge in [-0.2, -0.15) is 0 Å². The van der Waals surface area contributed by atoms with E-state index in [4.69, 9.17) is 22.4 Å². The van der Waals surface area contributed by atoms with Crippen LogP contribution in [0.25, 0.3) is 0 Å². The van der Waals surface area contributed by atoms with Crippen molar-refractivity contribution in [2.75, 3.05) is 5.73 Å². The Hall–Kier alpha value is -1.42. The van der Waals surface area contributed by atoms with Crippen molar-refractivity contribution in [1.82, 2.24) is 0 Å². The summed E-state index contributed by atoms with van der Waals surface area (Å²) in [7, 11) is 0. The van der Waals surface area contributed by atoms with Crippen LogP contribution in [0.2, 0.25) is 5.02 Å². The highest BCUT2D eigenvalue weighted by atomic mass is 35.5. The highest BCUT2D eigenvalue weighted by Crippen LogP contribution is 2.41. The first kappa shape index (κ1) is 11.1. The van der Waals surface area contributed by atoms with E-state index in [0.717, 1.165) is 18.4 Å². The number of anilines is 1. The van der Waals surface area contributed by atoms with Crippen molar-refractivity contribution in [3.8, 4) is 5.75 Å². The van der Waals surface area contributed by atoms with Crippen LogP contribution in [-0.4, -0.2) is 16.2 Å². The summed E-state index contributed by atoms with van der Waals surface area (Å²) in [5.74, 6) is -1.41. The van der Waals surface area contributed by atoms with Crippen LogP contribution in [0.5, 0.6) is 5.75 Å². The minimum Gasteiger partial charge on any atom is -0.504 e. The number of carboxylic acid groups (broad SMARTS) is 1. The highest BCUT2D eigenvalue weighted by Gasteiger charge is 2.26. The second kappa shape index (κ2) is 3.87.